The van der Waals surface area contributed by atoms with Crippen LogP contribution in [0, 0.1) is 20.8 Å². The van der Waals surface area contributed by atoms with Crippen molar-refractivity contribution in [2.24, 2.45) is 0 Å². The Labute approximate surface area is 339 Å². The average Bonchev–Trinajstić information content (AvgIpc) is 3.17. The summed E-state index contributed by atoms with van der Waals surface area (Å²) in [6, 6.07) is 0. The molecule has 0 aromatic rings. The first kappa shape index (κ1) is 55.1. The van der Waals surface area contributed by atoms with Gasteiger partial charge in [-0.1, -0.05) is 71.1 Å². The van der Waals surface area contributed by atoms with E-state index in [0.29, 0.717) is 32.1 Å². The van der Waals surface area contributed by atoms with Crippen LogP contribution in [0.15, 0.2) is 0 Å². The van der Waals surface area contributed by atoms with E-state index < -0.39 is 97.5 Å². The van der Waals surface area contributed by atoms with Crippen molar-refractivity contribution in [3.63, 3.8) is 0 Å². The van der Waals surface area contributed by atoms with Gasteiger partial charge in [0.1, 0.15) is 19.3 Å². The predicted molar refractivity (Wildman–Crippen MR) is 210 cm³/mol. The third-order valence-corrected chi connectivity index (χ3v) is 9.94. The SMILES string of the molecule is [CH2-]CCCCCCC(=O)O[C@H](COC(=O)CCCCC[CH2-])COP(=O)(O)OC[C@@H](O)COP(=O)(O)OC[C@@H](COC(=O)CCCCCC)OC(=O)CCCCC[CH2-]. The summed E-state index contributed by atoms with van der Waals surface area (Å²) in [6.07, 6.45) is 9.32. The lowest BCUT2D eigenvalue weighted by atomic mass is 10.1. The minimum absolute atomic E-state index is 0.0633. The normalized spacial score (nSPS) is 15.1. The van der Waals surface area contributed by atoms with Gasteiger partial charge in [-0.2, -0.15) is 19.3 Å². The maximum Gasteiger partial charge on any atom is 0.472 e. The van der Waals surface area contributed by atoms with Gasteiger partial charge in [-0.05, 0) is 25.7 Å². The zero-order valence-corrected chi connectivity index (χ0v) is 35.7. The minimum atomic E-state index is -4.91. The molecule has 0 aromatic heterocycles. The number of carbonyl (C=O) groups is 4. The fraction of sp³-hybridized carbons (Fsp3) is 0.816. The lowest BCUT2D eigenvalue weighted by Gasteiger charge is -2.21. The molecule has 0 saturated carbocycles. The second kappa shape index (κ2) is 34.9. The highest BCUT2D eigenvalue weighted by molar-refractivity contribution is 7.47. The molecule has 57 heavy (non-hydrogen) atoms. The van der Waals surface area contributed by atoms with Crippen molar-refractivity contribution >= 4 is 39.5 Å². The summed E-state index contributed by atoms with van der Waals surface area (Å²) >= 11 is 0. The molecule has 0 saturated heterocycles. The van der Waals surface area contributed by atoms with Crippen LogP contribution in [-0.4, -0.2) is 96.7 Å². The highest BCUT2D eigenvalue weighted by Gasteiger charge is 2.30. The Morgan fingerprint density at radius 3 is 1.16 bits per heavy atom. The zero-order valence-electron chi connectivity index (χ0n) is 33.9. The Bertz CT molecular complexity index is 1170. The predicted octanol–water partition coefficient (Wildman–Crippen LogP) is 7.24. The Hall–Kier alpha value is -1.94. The topological polar surface area (TPSA) is 237 Å². The molecule has 5 atom stereocenters. The van der Waals surface area contributed by atoms with E-state index in [-0.39, 0.29) is 25.7 Å². The average molecular weight is 860 g/mol. The molecule has 0 bridgehead atoms. The van der Waals surface area contributed by atoms with Crippen LogP contribution in [0.2, 0.25) is 0 Å². The van der Waals surface area contributed by atoms with Crippen LogP contribution in [0.3, 0.4) is 0 Å². The van der Waals surface area contributed by atoms with Crippen molar-refractivity contribution in [1.82, 2.24) is 0 Å². The van der Waals surface area contributed by atoms with E-state index in [2.05, 4.69) is 20.8 Å². The number of unbranched alkanes of at least 4 members (excludes halogenated alkanes) is 13. The molecule has 0 aliphatic heterocycles. The van der Waals surface area contributed by atoms with Crippen LogP contribution in [0.4, 0.5) is 0 Å². The molecule has 0 spiro atoms. The summed E-state index contributed by atoms with van der Waals surface area (Å²) in [7, 11) is -9.81. The summed E-state index contributed by atoms with van der Waals surface area (Å²) in [5.74, 6) is -2.32. The second-order valence-electron chi connectivity index (χ2n) is 13.5. The smallest absolute Gasteiger partial charge is 0.462 e. The molecule has 0 heterocycles. The maximum absolute atomic E-state index is 12.6. The van der Waals surface area contributed by atoms with Gasteiger partial charge in [0, 0.05) is 25.7 Å². The van der Waals surface area contributed by atoms with Crippen LogP contribution in [0.5, 0.6) is 0 Å². The van der Waals surface area contributed by atoms with Crippen molar-refractivity contribution in [3.8, 4) is 0 Å². The lowest BCUT2D eigenvalue weighted by Crippen LogP contribution is -2.30. The largest absolute Gasteiger partial charge is 0.472 e. The van der Waals surface area contributed by atoms with Crippen molar-refractivity contribution in [1.29, 1.82) is 0 Å². The number of esters is 4. The summed E-state index contributed by atoms with van der Waals surface area (Å²) in [5.41, 5.74) is 0. The number of rotatable bonds is 39. The fourth-order valence-corrected chi connectivity index (χ4v) is 6.40. The van der Waals surface area contributed by atoms with Crippen LogP contribution in [0.1, 0.15) is 142 Å². The van der Waals surface area contributed by atoms with E-state index >= 15 is 0 Å². The van der Waals surface area contributed by atoms with Gasteiger partial charge in [-0.25, -0.2) is 9.13 Å². The molecular formula is C38H69O17P2-3. The van der Waals surface area contributed by atoms with Gasteiger partial charge in [0.05, 0.1) is 26.4 Å². The molecule has 3 N–H and O–H groups in total. The van der Waals surface area contributed by atoms with Gasteiger partial charge in [0.2, 0.25) is 0 Å². The Morgan fingerprint density at radius 2 is 0.789 bits per heavy atom. The van der Waals surface area contributed by atoms with Gasteiger partial charge in [0.25, 0.3) is 0 Å². The summed E-state index contributed by atoms with van der Waals surface area (Å²) in [5, 5.41) is 10.2. The molecular weight excluding hydrogens is 790 g/mol. The molecule has 0 rings (SSSR count). The van der Waals surface area contributed by atoms with Crippen molar-refractivity contribution in [2.75, 3.05) is 39.6 Å². The summed E-state index contributed by atoms with van der Waals surface area (Å²) in [6.45, 7) is 9.23. The maximum atomic E-state index is 12.6. The Morgan fingerprint density at radius 1 is 0.474 bits per heavy atom. The second-order valence-corrected chi connectivity index (χ2v) is 16.4. The van der Waals surface area contributed by atoms with E-state index in [1.807, 2.05) is 6.92 Å². The number of aliphatic hydroxyl groups is 1. The minimum Gasteiger partial charge on any atom is -0.462 e. The number of hydrogen-bond acceptors (Lipinski definition) is 15. The summed E-state index contributed by atoms with van der Waals surface area (Å²) < 4.78 is 65.6. The number of phosphoric ester groups is 2. The standard InChI is InChI=1S/C38H69O17P2/c1-5-9-13-17-21-25-38(43)55-34(29-49-36(41)23-19-15-11-7-3)31-53-57(46,47)51-27-32(39)26-50-56(44,45)52-30-33(54-37(42)24-20-16-12-8-4)28-48-35(40)22-18-14-10-6-2/h32-34,39H,1,3-31H2,2H3,(H,44,45)(H,46,47)/q-3/t32-,33+,34+/m0/s1. The molecule has 2 unspecified atom stereocenters. The highest BCUT2D eigenvalue weighted by atomic mass is 31.2. The number of carbonyl (C=O) groups excluding carboxylic acids is 4. The van der Waals surface area contributed by atoms with Crippen molar-refractivity contribution < 1.29 is 80.2 Å². The Balaban J connectivity index is 5.07. The van der Waals surface area contributed by atoms with Gasteiger partial charge in [0.15, 0.2) is 12.2 Å². The van der Waals surface area contributed by atoms with E-state index in [1.54, 1.807) is 0 Å². The molecule has 0 aromatic carbocycles. The first-order chi connectivity index (χ1) is 27.2. The number of phosphoric acid groups is 2. The van der Waals surface area contributed by atoms with E-state index in [0.717, 1.165) is 77.0 Å². The van der Waals surface area contributed by atoms with Crippen LogP contribution in [-0.2, 0) is 65.4 Å². The molecule has 0 radical (unpaired) electrons. The molecule has 0 amide bonds. The van der Waals surface area contributed by atoms with Gasteiger partial charge in [-0.3, -0.25) is 37.3 Å². The molecule has 0 fully saturated rings. The van der Waals surface area contributed by atoms with E-state index in [1.165, 1.54) is 0 Å². The lowest BCUT2D eigenvalue weighted by molar-refractivity contribution is -0.161. The number of hydrogen-bond donors (Lipinski definition) is 3. The van der Waals surface area contributed by atoms with Crippen LogP contribution >= 0.6 is 15.6 Å². The van der Waals surface area contributed by atoms with Gasteiger partial charge >= 0.3 is 39.5 Å². The molecule has 17 nitrogen and oxygen atoms in total. The van der Waals surface area contributed by atoms with E-state index in [9.17, 15) is 43.2 Å². The number of ether oxygens (including phenoxy) is 4. The van der Waals surface area contributed by atoms with E-state index in [4.69, 9.17) is 37.0 Å². The Kier molecular flexibility index (Phi) is 33.7. The zero-order chi connectivity index (χ0) is 42.8. The van der Waals surface area contributed by atoms with Crippen molar-refractivity contribution in [3.05, 3.63) is 20.8 Å². The number of aliphatic hydroxyl groups excluding tert-OH is 1. The first-order valence-electron chi connectivity index (χ1n) is 20.2. The first-order valence-corrected chi connectivity index (χ1v) is 23.2. The van der Waals surface area contributed by atoms with Crippen LogP contribution < -0.4 is 0 Å². The third-order valence-electron chi connectivity index (χ3n) is 8.04. The molecule has 336 valence electrons. The highest BCUT2D eigenvalue weighted by Crippen LogP contribution is 2.45. The molecule has 0 aliphatic rings. The quantitative estimate of drug-likeness (QED) is 0.0182. The fourth-order valence-electron chi connectivity index (χ4n) is 4.82. The van der Waals surface area contributed by atoms with Gasteiger partial charge in [-0.15, -0.1) is 0 Å². The third kappa shape index (κ3) is 34.6. The molecule has 0 aliphatic carbocycles. The van der Waals surface area contributed by atoms with Gasteiger partial charge < -0.3 is 54.6 Å². The van der Waals surface area contributed by atoms with Crippen molar-refractivity contribution in [2.45, 2.75) is 160 Å². The monoisotopic (exact) mass is 859 g/mol. The molecule has 19 heteroatoms. The van der Waals surface area contributed by atoms with Crippen LogP contribution in [0.25, 0.3) is 0 Å². The summed E-state index contributed by atoms with van der Waals surface area (Å²) in [4.78, 5) is 69.5.